The first kappa shape index (κ1) is 24.0. The van der Waals surface area contributed by atoms with E-state index in [2.05, 4.69) is 15.4 Å². The normalized spacial score (nSPS) is 14.8. The van der Waals surface area contributed by atoms with Crippen LogP contribution in [0.3, 0.4) is 0 Å². The Morgan fingerprint density at radius 3 is 2.35 bits per heavy atom. The highest BCUT2D eigenvalue weighted by Crippen LogP contribution is 2.37. The van der Waals surface area contributed by atoms with Crippen LogP contribution in [0.15, 0.2) is 112 Å². The molecule has 0 saturated heterocycles. The van der Waals surface area contributed by atoms with Gasteiger partial charge in [0, 0.05) is 57.6 Å². The number of para-hydroxylation sites is 1. The molecule has 0 fully saturated rings. The molecule has 1 atom stereocenters. The largest absolute Gasteiger partial charge is 0.508 e. The summed E-state index contributed by atoms with van der Waals surface area (Å²) in [6.45, 7) is 0. The predicted octanol–water partition coefficient (Wildman–Crippen LogP) is 6.23. The zero-order chi connectivity index (χ0) is 25.8. The van der Waals surface area contributed by atoms with E-state index in [-0.39, 0.29) is 11.4 Å². The molecule has 1 unspecified atom stereocenters. The molecule has 1 aromatic heterocycles. The number of nitro benzene ring substituents is 1. The van der Waals surface area contributed by atoms with Gasteiger partial charge < -0.3 is 10.4 Å². The Morgan fingerprint density at radius 1 is 1.00 bits per heavy atom. The van der Waals surface area contributed by atoms with E-state index in [1.807, 2.05) is 30.3 Å². The fourth-order valence-corrected chi connectivity index (χ4v) is 4.79. The molecule has 0 radical (unpaired) electrons. The summed E-state index contributed by atoms with van der Waals surface area (Å²) in [4.78, 5) is 29.6. The van der Waals surface area contributed by atoms with Gasteiger partial charge in [-0.15, -0.1) is 0 Å². The summed E-state index contributed by atoms with van der Waals surface area (Å²) in [7, 11) is 0. The predicted molar refractivity (Wildman–Crippen MR) is 141 cm³/mol. The first-order valence-electron chi connectivity index (χ1n) is 11.4. The lowest BCUT2D eigenvalue weighted by Gasteiger charge is -2.23. The van der Waals surface area contributed by atoms with Crippen molar-refractivity contribution in [3.63, 3.8) is 0 Å². The van der Waals surface area contributed by atoms with Gasteiger partial charge in [-0.1, -0.05) is 36.0 Å². The van der Waals surface area contributed by atoms with Crippen molar-refractivity contribution in [2.75, 3.05) is 5.32 Å². The van der Waals surface area contributed by atoms with Gasteiger partial charge in [-0.2, -0.15) is 5.10 Å². The number of nitro groups is 1. The van der Waals surface area contributed by atoms with E-state index in [0.717, 1.165) is 15.4 Å². The molecule has 184 valence electrons. The van der Waals surface area contributed by atoms with Crippen LogP contribution in [0.1, 0.15) is 23.6 Å². The summed E-state index contributed by atoms with van der Waals surface area (Å²) in [6, 6.07) is 23.3. The fourth-order valence-electron chi connectivity index (χ4n) is 3.98. The molecule has 2 heterocycles. The maximum absolute atomic E-state index is 13.3. The number of non-ortho nitro benzene ring substituents is 1. The number of pyridine rings is 1. The first-order valence-corrected chi connectivity index (χ1v) is 12.2. The van der Waals surface area contributed by atoms with Gasteiger partial charge in [0.1, 0.15) is 5.75 Å². The number of rotatable bonds is 6. The smallest absolute Gasteiger partial charge is 0.342 e. The molecule has 4 aromatic rings. The molecule has 2 N–H and O–H groups in total. The van der Waals surface area contributed by atoms with Crippen LogP contribution in [0.25, 0.3) is 0 Å². The number of benzene rings is 3. The van der Waals surface area contributed by atoms with Gasteiger partial charge in [-0.05, 0) is 48.5 Å². The number of hydrogen-bond acceptors (Lipinski definition) is 7. The molecule has 3 aromatic carbocycles. The average molecular weight is 512 g/mol. The number of carbonyl (C=O) groups is 1. The molecule has 0 saturated carbocycles. The van der Waals surface area contributed by atoms with E-state index < -0.39 is 17.0 Å². The third kappa shape index (κ3) is 5.44. The van der Waals surface area contributed by atoms with Crippen molar-refractivity contribution in [1.29, 1.82) is 0 Å². The Morgan fingerprint density at radius 2 is 1.70 bits per heavy atom. The van der Waals surface area contributed by atoms with Crippen LogP contribution in [-0.2, 0) is 0 Å². The van der Waals surface area contributed by atoms with Gasteiger partial charge in [-0.25, -0.2) is 9.80 Å². The van der Waals surface area contributed by atoms with Crippen molar-refractivity contribution >= 4 is 34.9 Å². The number of nitrogens with one attached hydrogen (secondary N) is 1. The van der Waals surface area contributed by atoms with Gasteiger partial charge in [0.25, 0.3) is 5.69 Å². The van der Waals surface area contributed by atoms with E-state index in [9.17, 15) is 20.0 Å². The van der Waals surface area contributed by atoms with Crippen molar-refractivity contribution in [1.82, 2.24) is 9.99 Å². The number of carbonyl (C=O) groups excluding carboxylic acids is 1. The molecule has 1 aliphatic rings. The molecular weight excluding hydrogens is 490 g/mol. The quantitative estimate of drug-likeness (QED) is 0.234. The Hall–Kier alpha value is -4.70. The highest BCUT2D eigenvalue weighted by molar-refractivity contribution is 7.99. The molecule has 1 aliphatic heterocycles. The Bertz CT molecular complexity index is 1460. The lowest BCUT2D eigenvalue weighted by Crippen LogP contribution is -2.31. The first-order chi connectivity index (χ1) is 18.0. The van der Waals surface area contributed by atoms with Crippen LogP contribution in [-0.4, -0.2) is 31.8 Å². The molecule has 0 aliphatic carbocycles. The van der Waals surface area contributed by atoms with Crippen molar-refractivity contribution in [3.8, 4) is 5.75 Å². The zero-order valence-electron chi connectivity index (χ0n) is 19.4. The molecule has 37 heavy (non-hydrogen) atoms. The number of hydrazone groups is 1. The second-order valence-corrected chi connectivity index (χ2v) is 9.37. The van der Waals surface area contributed by atoms with Crippen LogP contribution in [0.5, 0.6) is 5.75 Å². The highest BCUT2D eigenvalue weighted by atomic mass is 32.2. The molecule has 10 heteroatoms. The Balaban J connectivity index is 1.32. The number of phenolic OH excluding ortho intramolecular Hbond substituents is 1. The second kappa shape index (κ2) is 10.5. The molecule has 2 amide bonds. The van der Waals surface area contributed by atoms with Crippen molar-refractivity contribution < 1.29 is 14.8 Å². The van der Waals surface area contributed by atoms with E-state index in [4.69, 9.17) is 0 Å². The Kier molecular flexibility index (Phi) is 6.82. The topological polar surface area (TPSA) is 121 Å². The minimum atomic E-state index is -0.478. The van der Waals surface area contributed by atoms with Gasteiger partial charge in [0.15, 0.2) is 0 Å². The van der Waals surface area contributed by atoms with Gasteiger partial charge in [0.05, 0.1) is 16.7 Å². The summed E-state index contributed by atoms with van der Waals surface area (Å²) in [6.07, 6.45) is 3.80. The van der Waals surface area contributed by atoms with Crippen LogP contribution in [0.2, 0.25) is 0 Å². The lowest BCUT2D eigenvalue weighted by atomic mass is 9.98. The summed E-state index contributed by atoms with van der Waals surface area (Å²) >= 11 is 1.46. The number of urea groups is 1. The van der Waals surface area contributed by atoms with Gasteiger partial charge >= 0.3 is 6.03 Å². The fraction of sp³-hybridized carbons (Fsp3) is 0.0741. The zero-order valence-corrected chi connectivity index (χ0v) is 20.2. The molecule has 9 nitrogen and oxygen atoms in total. The number of aromatic nitrogens is 1. The summed E-state index contributed by atoms with van der Waals surface area (Å²) in [5.74, 6) is 0.0977. The van der Waals surface area contributed by atoms with Crippen LogP contribution < -0.4 is 5.32 Å². The monoisotopic (exact) mass is 511 g/mol. The average Bonchev–Trinajstić information content (AvgIpc) is 3.36. The van der Waals surface area contributed by atoms with Gasteiger partial charge in [-0.3, -0.25) is 15.1 Å². The Labute approximate surface area is 216 Å². The molecule has 0 spiro atoms. The molecule has 0 bridgehead atoms. The van der Waals surface area contributed by atoms with Crippen LogP contribution in [0.4, 0.5) is 16.2 Å². The number of phenols is 1. The third-order valence-corrected chi connectivity index (χ3v) is 6.81. The van der Waals surface area contributed by atoms with Crippen molar-refractivity contribution in [2.24, 2.45) is 5.10 Å². The maximum atomic E-state index is 13.3. The van der Waals surface area contributed by atoms with E-state index in [0.29, 0.717) is 23.4 Å². The molecular formula is C27H21N5O4S. The number of hydrogen-bond donors (Lipinski definition) is 2. The second-order valence-electron chi connectivity index (χ2n) is 8.22. The lowest BCUT2D eigenvalue weighted by molar-refractivity contribution is -0.384. The van der Waals surface area contributed by atoms with E-state index >= 15 is 0 Å². The summed E-state index contributed by atoms with van der Waals surface area (Å²) in [5.41, 5.74) is 2.74. The van der Waals surface area contributed by atoms with Crippen molar-refractivity contribution in [2.45, 2.75) is 22.3 Å². The van der Waals surface area contributed by atoms with Crippen molar-refractivity contribution in [3.05, 3.63) is 119 Å². The highest BCUT2D eigenvalue weighted by Gasteiger charge is 2.34. The summed E-state index contributed by atoms with van der Waals surface area (Å²) in [5, 5.41) is 30.1. The third-order valence-electron chi connectivity index (χ3n) is 5.80. The minimum absolute atomic E-state index is 0.0424. The number of amides is 2. The minimum Gasteiger partial charge on any atom is -0.508 e. The number of anilines is 1. The van der Waals surface area contributed by atoms with Crippen LogP contribution in [0, 0.1) is 10.1 Å². The van der Waals surface area contributed by atoms with E-state index in [1.165, 1.54) is 28.9 Å². The SMILES string of the molecule is O=C(Nc1ccc(Sc2ccc([N+](=O)[O-])cc2)cc1)N1N=C(c2cccnc2)CC1c1ccccc1O. The number of nitrogens with zero attached hydrogens (tertiary/aromatic N) is 4. The van der Waals surface area contributed by atoms with Crippen LogP contribution >= 0.6 is 11.8 Å². The van der Waals surface area contributed by atoms with Gasteiger partial charge in [0.2, 0.25) is 0 Å². The standard InChI is InChI=1S/C27H21N5O4S/c33-26-6-2-1-5-23(26)25-16-24(18-4-3-15-28-17-18)30-31(25)27(34)29-19-7-11-21(12-8-19)37-22-13-9-20(10-14-22)32(35)36/h1-15,17,25,33H,16H2,(H,29,34). The molecule has 5 rings (SSSR count). The maximum Gasteiger partial charge on any atom is 0.342 e. The number of aromatic hydroxyl groups is 1. The summed E-state index contributed by atoms with van der Waals surface area (Å²) < 4.78 is 0. The van der Waals surface area contributed by atoms with E-state index in [1.54, 1.807) is 54.9 Å².